The Hall–Kier alpha value is -1.02. The van der Waals surface area contributed by atoms with Crippen LogP contribution in [0.15, 0.2) is 18.2 Å². The summed E-state index contributed by atoms with van der Waals surface area (Å²) in [6.45, 7) is 12.9. The van der Waals surface area contributed by atoms with Gasteiger partial charge < -0.3 is 9.84 Å². The first-order valence-electron chi connectivity index (χ1n) is 7.08. The zero-order chi connectivity index (χ0) is 14.4. The number of ether oxygens (including phenoxy) is 1. The van der Waals surface area contributed by atoms with Crippen LogP contribution in [-0.2, 0) is 5.41 Å². The minimum atomic E-state index is -0.249. The normalized spacial score (nSPS) is 25.8. The van der Waals surface area contributed by atoms with Crippen LogP contribution in [-0.4, -0.2) is 17.3 Å². The van der Waals surface area contributed by atoms with E-state index in [1.807, 2.05) is 0 Å². The summed E-state index contributed by atoms with van der Waals surface area (Å²) in [5.74, 6) is 0.961. The number of rotatable bonds is 2. The lowest BCUT2D eigenvalue weighted by molar-refractivity contribution is -0.134. The molecule has 1 aromatic carbocycles. The molecule has 0 radical (unpaired) electrons. The lowest BCUT2D eigenvalue weighted by Gasteiger charge is -2.48. The van der Waals surface area contributed by atoms with E-state index in [0.717, 1.165) is 12.2 Å². The topological polar surface area (TPSA) is 29.5 Å². The van der Waals surface area contributed by atoms with Gasteiger partial charge in [-0.15, -0.1) is 0 Å². The third-order valence-electron chi connectivity index (χ3n) is 4.34. The quantitative estimate of drug-likeness (QED) is 0.877. The minimum absolute atomic E-state index is 0.0634. The zero-order valence-electron chi connectivity index (χ0n) is 12.9. The van der Waals surface area contributed by atoms with Crippen LogP contribution in [0.2, 0.25) is 0 Å². The second kappa shape index (κ2) is 4.52. The third kappa shape index (κ3) is 2.64. The van der Waals surface area contributed by atoms with Gasteiger partial charge >= 0.3 is 0 Å². The highest BCUT2D eigenvalue weighted by atomic mass is 16.5. The highest BCUT2D eigenvalue weighted by molar-refractivity contribution is 5.41. The van der Waals surface area contributed by atoms with Gasteiger partial charge in [0, 0.05) is 11.8 Å². The third-order valence-corrected chi connectivity index (χ3v) is 4.34. The molecule has 19 heavy (non-hydrogen) atoms. The Kier molecular flexibility index (Phi) is 3.42. The summed E-state index contributed by atoms with van der Waals surface area (Å²) in [6.07, 6.45) is 0.581. The lowest BCUT2D eigenvalue weighted by atomic mass is 9.66. The number of hydrogen-bond acceptors (Lipinski definition) is 2. The number of hydrogen-bond donors (Lipinski definition) is 1. The Morgan fingerprint density at radius 3 is 2.37 bits per heavy atom. The van der Waals surface area contributed by atoms with Crippen LogP contribution in [0.5, 0.6) is 5.75 Å². The monoisotopic (exact) mass is 262 g/mol. The highest BCUT2D eigenvalue weighted by Crippen LogP contribution is 2.44. The molecule has 1 aliphatic rings. The second-order valence-electron chi connectivity index (χ2n) is 7.43. The SMILES string of the molecule is Cc1ccc(OC2CC(O)C2(C)C)c(C(C)(C)C)c1. The predicted octanol–water partition coefficient (Wildman–Crippen LogP) is 3.83. The maximum absolute atomic E-state index is 9.82. The fraction of sp³-hybridized carbons (Fsp3) is 0.647. The first-order valence-corrected chi connectivity index (χ1v) is 7.08. The Morgan fingerprint density at radius 1 is 1.26 bits per heavy atom. The molecule has 106 valence electrons. The van der Waals surface area contributed by atoms with Crippen LogP contribution >= 0.6 is 0 Å². The van der Waals surface area contributed by atoms with E-state index in [-0.39, 0.29) is 23.0 Å². The van der Waals surface area contributed by atoms with Gasteiger partial charge in [-0.2, -0.15) is 0 Å². The van der Waals surface area contributed by atoms with Crippen molar-refractivity contribution in [3.8, 4) is 5.75 Å². The predicted molar refractivity (Wildman–Crippen MR) is 78.7 cm³/mol. The summed E-state index contributed by atoms with van der Waals surface area (Å²) in [5.41, 5.74) is 2.41. The van der Waals surface area contributed by atoms with E-state index in [1.54, 1.807) is 0 Å². The Labute approximate surface area is 116 Å². The average Bonchev–Trinajstić information content (AvgIpc) is 2.29. The van der Waals surface area contributed by atoms with Crippen LogP contribution in [0.25, 0.3) is 0 Å². The number of benzene rings is 1. The molecule has 0 spiro atoms. The van der Waals surface area contributed by atoms with E-state index in [1.165, 1.54) is 11.1 Å². The molecule has 0 heterocycles. The smallest absolute Gasteiger partial charge is 0.123 e. The van der Waals surface area contributed by atoms with Crippen LogP contribution < -0.4 is 4.74 Å². The number of aryl methyl sites for hydroxylation is 1. The maximum atomic E-state index is 9.82. The summed E-state index contributed by atoms with van der Waals surface area (Å²) in [5, 5.41) is 9.82. The molecule has 1 fully saturated rings. The molecule has 1 aliphatic carbocycles. The molecule has 2 unspecified atom stereocenters. The zero-order valence-corrected chi connectivity index (χ0v) is 12.9. The van der Waals surface area contributed by atoms with Crippen molar-refractivity contribution in [2.75, 3.05) is 0 Å². The van der Waals surface area contributed by atoms with E-state index < -0.39 is 0 Å². The summed E-state index contributed by atoms with van der Waals surface area (Å²) in [4.78, 5) is 0. The summed E-state index contributed by atoms with van der Waals surface area (Å²) >= 11 is 0. The molecule has 1 aromatic rings. The summed E-state index contributed by atoms with van der Waals surface area (Å²) in [6, 6.07) is 6.36. The first kappa shape index (κ1) is 14.4. The second-order valence-corrected chi connectivity index (χ2v) is 7.43. The van der Waals surface area contributed by atoms with Gasteiger partial charge in [0.15, 0.2) is 0 Å². The molecule has 1 N–H and O–H groups in total. The van der Waals surface area contributed by atoms with Crippen molar-refractivity contribution in [1.82, 2.24) is 0 Å². The molecular formula is C17H26O2. The summed E-state index contributed by atoms with van der Waals surface area (Å²) in [7, 11) is 0. The Bertz CT molecular complexity index is 469. The largest absolute Gasteiger partial charge is 0.489 e. The van der Waals surface area contributed by atoms with E-state index in [9.17, 15) is 5.11 Å². The lowest BCUT2D eigenvalue weighted by Crippen LogP contribution is -2.56. The highest BCUT2D eigenvalue weighted by Gasteiger charge is 2.49. The van der Waals surface area contributed by atoms with E-state index in [0.29, 0.717) is 0 Å². The van der Waals surface area contributed by atoms with Crippen LogP contribution in [0.3, 0.4) is 0 Å². The summed E-state index contributed by atoms with van der Waals surface area (Å²) < 4.78 is 6.19. The van der Waals surface area contributed by atoms with E-state index >= 15 is 0 Å². The Balaban J connectivity index is 2.27. The molecule has 2 nitrogen and oxygen atoms in total. The molecule has 2 atom stereocenters. The molecule has 0 saturated heterocycles. The average molecular weight is 262 g/mol. The van der Waals surface area contributed by atoms with Crippen molar-refractivity contribution in [3.05, 3.63) is 29.3 Å². The van der Waals surface area contributed by atoms with Crippen LogP contribution in [0, 0.1) is 12.3 Å². The molecule has 2 heteroatoms. The molecule has 2 rings (SSSR count). The minimum Gasteiger partial charge on any atom is -0.489 e. The van der Waals surface area contributed by atoms with Gasteiger partial charge in [-0.3, -0.25) is 0 Å². The molecule has 0 amide bonds. The van der Waals surface area contributed by atoms with Crippen molar-refractivity contribution in [2.45, 2.75) is 65.6 Å². The Morgan fingerprint density at radius 2 is 1.89 bits per heavy atom. The fourth-order valence-electron chi connectivity index (χ4n) is 2.55. The van der Waals surface area contributed by atoms with E-state index in [4.69, 9.17) is 4.74 Å². The van der Waals surface area contributed by atoms with Crippen molar-refractivity contribution >= 4 is 0 Å². The van der Waals surface area contributed by atoms with Crippen LogP contribution in [0.1, 0.15) is 52.2 Å². The van der Waals surface area contributed by atoms with Gasteiger partial charge in [-0.05, 0) is 24.0 Å². The molecule has 0 aromatic heterocycles. The van der Waals surface area contributed by atoms with Crippen molar-refractivity contribution in [3.63, 3.8) is 0 Å². The molecule has 1 saturated carbocycles. The first-order chi connectivity index (χ1) is 8.62. The number of aliphatic hydroxyl groups is 1. The van der Waals surface area contributed by atoms with Gasteiger partial charge in [-0.25, -0.2) is 0 Å². The standard InChI is InChI=1S/C17H26O2/c1-11-7-8-13(12(9-11)16(2,3)4)19-15-10-14(18)17(15,5)6/h7-9,14-15,18H,10H2,1-6H3. The van der Waals surface area contributed by atoms with E-state index in [2.05, 4.69) is 59.7 Å². The van der Waals surface area contributed by atoms with Crippen LogP contribution in [0.4, 0.5) is 0 Å². The van der Waals surface area contributed by atoms with Gasteiger partial charge in [0.1, 0.15) is 11.9 Å². The van der Waals surface area contributed by atoms with Gasteiger partial charge in [-0.1, -0.05) is 52.3 Å². The molecule has 0 aliphatic heterocycles. The van der Waals surface area contributed by atoms with Gasteiger partial charge in [0.05, 0.1) is 6.10 Å². The molecular weight excluding hydrogens is 236 g/mol. The molecule has 0 bridgehead atoms. The fourth-order valence-corrected chi connectivity index (χ4v) is 2.55. The van der Waals surface area contributed by atoms with Crippen molar-refractivity contribution in [2.24, 2.45) is 5.41 Å². The van der Waals surface area contributed by atoms with Gasteiger partial charge in [0.25, 0.3) is 0 Å². The number of aliphatic hydroxyl groups excluding tert-OH is 1. The van der Waals surface area contributed by atoms with Gasteiger partial charge in [0.2, 0.25) is 0 Å². The van der Waals surface area contributed by atoms with Crippen molar-refractivity contribution < 1.29 is 9.84 Å². The van der Waals surface area contributed by atoms with Crippen molar-refractivity contribution in [1.29, 1.82) is 0 Å². The maximum Gasteiger partial charge on any atom is 0.123 e.